The van der Waals surface area contributed by atoms with Crippen LogP contribution in [0.3, 0.4) is 0 Å². The molecular formula is C16H21N3O2S. The summed E-state index contributed by atoms with van der Waals surface area (Å²) in [5.74, 6) is 0. The zero-order valence-electron chi connectivity index (χ0n) is 13.1. The Bertz CT molecular complexity index is 700. The van der Waals surface area contributed by atoms with E-state index in [-0.39, 0.29) is 0 Å². The first-order valence-corrected chi connectivity index (χ1v) is 8.99. The Labute approximate surface area is 132 Å². The van der Waals surface area contributed by atoms with Crippen molar-refractivity contribution in [3.63, 3.8) is 0 Å². The molecule has 1 heterocycles. The monoisotopic (exact) mass is 319 g/mol. The van der Waals surface area contributed by atoms with Gasteiger partial charge in [-0.05, 0) is 31.7 Å². The summed E-state index contributed by atoms with van der Waals surface area (Å²) in [4.78, 5) is 10.9. The van der Waals surface area contributed by atoms with Crippen molar-refractivity contribution < 1.29 is 8.42 Å². The number of aromatic nitrogens is 2. The van der Waals surface area contributed by atoms with Gasteiger partial charge in [-0.1, -0.05) is 12.1 Å². The Morgan fingerprint density at radius 3 is 2.41 bits per heavy atom. The zero-order chi connectivity index (χ0) is 16.2. The average Bonchev–Trinajstić information content (AvgIpc) is 2.48. The quantitative estimate of drug-likeness (QED) is 0.814. The molecule has 6 heteroatoms. The maximum atomic E-state index is 11.5. The van der Waals surface area contributed by atoms with Crippen molar-refractivity contribution in [3.05, 3.63) is 54.1 Å². The molecule has 0 spiro atoms. The molecular weight excluding hydrogens is 298 g/mol. The van der Waals surface area contributed by atoms with E-state index < -0.39 is 9.84 Å². The molecule has 5 nitrogen and oxygen atoms in total. The van der Waals surface area contributed by atoms with Crippen molar-refractivity contribution in [2.45, 2.75) is 30.8 Å². The average molecular weight is 319 g/mol. The molecule has 1 aromatic heterocycles. The fourth-order valence-corrected chi connectivity index (χ4v) is 2.81. The number of likely N-dealkylation sites (N-methyl/N-ethyl adjacent to an activating group) is 1. The molecule has 0 fully saturated rings. The zero-order valence-corrected chi connectivity index (χ0v) is 13.9. The van der Waals surface area contributed by atoms with E-state index in [1.54, 1.807) is 30.7 Å². The first-order chi connectivity index (χ1) is 10.4. The minimum absolute atomic E-state index is 0.311. The number of hydrogen-bond donors (Lipinski definition) is 0. The predicted octanol–water partition coefficient (Wildman–Crippen LogP) is 1.94. The number of rotatable bonds is 6. The van der Waals surface area contributed by atoms with Gasteiger partial charge in [-0.2, -0.15) is 0 Å². The van der Waals surface area contributed by atoms with Crippen molar-refractivity contribution in [2.24, 2.45) is 0 Å². The van der Waals surface area contributed by atoms with Crippen LogP contribution in [-0.4, -0.2) is 42.6 Å². The molecule has 0 saturated carbocycles. The minimum Gasteiger partial charge on any atom is -0.299 e. The van der Waals surface area contributed by atoms with Crippen molar-refractivity contribution >= 4 is 9.84 Å². The van der Waals surface area contributed by atoms with Gasteiger partial charge in [0.05, 0.1) is 10.6 Å². The highest BCUT2D eigenvalue weighted by Crippen LogP contribution is 2.13. The summed E-state index contributed by atoms with van der Waals surface area (Å²) < 4.78 is 22.9. The number of nitrogens with zero attached hydrogens (tertiary/aromatic N) is 3. The van der Waals surface area contributed by atoms with E-state index in [1.807, 2.05) is 19.2 Å². The lowest BCUT2D eigenvalue weighted by Gasteiger charge is -2.24. The first-order valence-electron chi connectivity index (χ1n) is 7.10. The normalized spacial score (nSPS) is 13.3. The summed E-state index contributed by atoms with van der Waals surface area (Å²) in [6, 6.07) is 7.35. The highest BCUT2D eigenvalue weighted by Gasteiger charge is 2.12. The van der Waals surface area contributed by atoms with Crippen LogP contribution in [0.5, 0.6) is 0 Å². The molecule has 0 aliphatic rings. The van der Waals surface area contributed by atoms with Crippen LogP contribution < -0.4 is 0 Å². The van der Waals surface area contributed by atoms with E-state index in [2.05, 4.69) is 21.8 Å². The van der Waals surface area contributed by atoms with Gasteiger partial charge in [0.15, 0.2) is 9.84 Å². The van der Waals surface area contributed by atoms with Gasteiger partial charge in [-0.15, -0.1) is 0 Å². The topological polar surface area (TPSA) is 63.2 Å². The Hall–Kier alpha value is -1.79. The molecule has 22 heavy (non-hydrogen) atoms. The van der Waals surface area contributed by atoms with Gasteiger partial charge >= 0.3 is 0 Å². The van der Waals surface area contributed by atoms with Crippen LogP contribution in [0.15, 0.2) is 47.8 Å². The van der Waals surface area contributed by atoms with E-state index in [0.29, 0.717) is 10.9 Å². The van der Waals surface area contributed by atoms with E-state index in [9.17, 15) is 8.42 Å². The second-order valence-corrected chi connectivity index (χ2v) is 7.60. The van der Waals surface area contributed by atoms with Crippen molar-refractivity contribution in [3.8, 4) is 0 Å². The SMILES string of the molecule is C[C@@H](Cc1cnccn1)N(C)Cc1ccc(S(C)(=O)=O)cc1. The molecule has 0 amide bonds. The lowest BCUT2D eigenvalue weighted by molar-refractivity contribution is 0.246. The highest BCUT2D eigenvalue weighted by atomic mass is 32.2. The molecule has 118 valence electrons. The molecule has 0 saturated heterocycles. The molecule has 0 aliphatic carbocycles. The fourth-order valence-electron chi connectivity index (χ4n) is 2.18. The largest absolute Gasteiger partial charge is 0.299 e. The lowest BCUT2D eigenvalue weighted by atomic mass is 10.1. The second kappa shape index (κ2) is 6.98. The third-order valence-corrected chi connectivity index (χ3v) is 4.79. The van der Waals surface area contributed by atoms with Crippen LogP contribution in [0.4, 0.5) is 0 Å². The van der Waals surface area contributed by atoms with Crippen molar-refractivity contribution in [1.29, 1.82) is 0 Å². The molecule has 2 aromatic rings. The van der Waals surface area contributed by atoms with Crippen molar-refractivity contribution in [2.75, 3.05) is 13.3 Å². The van der Waals surface area contributed by atoms with Crippen LogP contribution in [-0.2, 0) is 22.8 Å². The Kier molecular flexibility index (Phi) is 5.26. The van der Waals surface area contributed by atoms with Crippen molar-refractivity contribution in [1.82, 2.24) is 14.9 Å². The molecule has 0 bridgehead atoms. The molecule has 0 N–H and O–H groups in total. The third kappa shape index (κ3) is 4.61. The summed E-state index contributed by atoms with van der Waals surface area (Å²) >= 11 is 0. The maximum Gasteiger partial charge on any atom is 0.175 e. The van der Waals surface area contributed by atoms with E-state index in [0.717, 1.165) is 24.2 Å². The molecule has 0 unspecified atom stereocenters. The van der Waals surface area contributed by atoms with E-state index in [1.165, 1.54) is 6.26 Å². The molecule has 2 rings (SSSR count). The molecule has 0 aliphatic heterocycles. The summed E-state index contributed by atoms with van der Waals surface area (Å²) in [6.07, 6.45) is 7.20. The van der Waals surface area contributed by atoms with Gasteiger partial charge in [-0.25, -0.2) is 8.42 Å². The maximum absolute atomic E-state index is 11.5. The first kappa shape index (κ1) is 16.6. The molecule has 0 radical (unpaired) electrons. The molecule has 1 aromatic carbocycles. The highest BCUT2D eigenvalue weighted by molar-refractivity contribution is 7.90. The summed E-state index contributed by atoms with van der Waals surface area (Å²) in [6.45, 7) is 2.89. The summed E-state index contributed by atoms with van der Waals surface area (Å²) in [7, 11) is -1.09. The van der Waals surface area contributed by atoms with Crippen LogP contribution in [0, 0.1) is 0 Å². The van der Waals surface area contributed by atoms with Gasteiger partial charge in [0, 0.05) is 43.9 Å². The van der Waals surface area contributed by atoms with Gasteiger partial charge < -0.3 is 0 Å². The minimum atomic E-state index is -3.13. The van der Waals surface area contributed by atoms with E-state index >= 15 is 0 Å². The number of benzene rings is 1. The second-order valence-electron chi connectivity index (χ2n) is 5.58. The summed E-state index contributed by atoms with van der Waals surface area (Å²) in [5.41, 5.74) is 2.05. The number of sulfone groups is 1. The Morgan fingerprint density at radius 1 is 1.18 bits per heavy atom. The standard InChI is InChI=1S/C16H21N3O2S/c1-13(10-15-11-17-8-9-18-15)19(2)12-14-4-6-16(7-5-14)22(3,20)21/h4-9,11,13H,10,12H2,1-3H3/t13-/m0/s1. The van der Waals surface area contributed by atoms with Gasteiger partial charge in [-0.3, -0.25) is 14.9 Å². The van der Waals surface area contributed by atoms with Gasteiger partial charge in [0.1, 0.15) is 0 Å². The summed E-state index contributed by atoms with van der Waals surface area (Å²) in [5, 5.41) is 0. The lowest BCUT2D eigenvalue weighted by Crippen LogP contribution is -2.30. The van der Waals surface area contributed by atoms with Crippen LogP contribution >= 0.6 is 0 Å². The predicted molar refractivity (Wildman–Crippen MR) is 86.2 cm³/mol. The third-order valence-electron chi connectivity index (χ3n) is 3.66. The fraction of sp³-hybridized carbons (Fsp3) is 0.375. The number of hydrogen-bond acceptors (Lipinski definition) is 5. The Morgan fingerprint density at radius 2 is 1.86 bits per heavy atom. The van der Waals surface area contributed by atoms with Gasteiger partial charge in [0.25, 0.3) is 0 Å². The van der Waals surface area contributed by atoms with Crippen LogP contribution in [0.25, 0.3) is 0 Å². The van der Waals surface area contributed by atoms with Gasteiger partial charge in [0.2, 0.25) is 0 Å². The van der Waals surface area contributed by atoms with Crippen LogP contribution in [0.1, 0.15) is 18.2 Å². The smallest absolute Gasteiger partial charge is 0.175 e. The van der Waals surface area contributed by atoms with Crippen LogP contribution in [0.2, 0.25) is 0 Å². The molecule has 1 atom stereocenters. The van der Waals surface area contributed by atoms with E-state index in [4.69, 9.17) is 0 Å². The Balaban J connectivity index is 1.98.